The molecule has 26 heavy (non-hydrogen) atoms. The molecule has 6 nitrogen and oxygen atoms in total. The summed E-state index contributed by atoms with van der Waals surface area (Å²) in [6, 6.07) is 14.0. The number of nitrogens with two attached hydrogens (primary N) is 2. The van der Waals surface area contributed by atoms with Crippen molar-refractivity contribution < 1.29 is 9.59 Å². The van der Waals surface area contributed by atoms with E-state index in [0.717, 1.165) is 0 Å². The lowest BCUT2D eigenvalue weighted by Crippen LogP contribution is -2.55. The number of anilines is 4. The molecule has 3 rings (SSSR count). The second kappa shape index (κ2) is 6.37. The number of benzene rings is 2. The van der Waals surface area contributed by atoms with Gasteiger partial charge in [0.05, 0.1) is 0 Å². The van der Waals surface area contributed by atoms with Crippen LogP contribution in [0, 0.1) is 10.8 Å². The summed E-state index contributed by atoms with van der Waals surface area (Å²) in [6.07, 6.45) is 0.975. The highest BCUT2D eigenvalue weighted by atomic mass is 16.2. The third-order valence-electron chi connectivity index (χ3n) is 4.99. The van der Waals surface area contributed by atoms with Crippen molar-refractivity contribution in [1.82, 2.24) is 0 Å². The third-order valence-corrected chi connectivity index (χ3v) is 4.99. The molecule has 0 bridgehead atoms. The molecule has 0 aromatic heterocycles. The van der Waals surface area contributed by atoms with Gasteiger partial charge in [-0.05, 0) is 61.4 Å². The first-order valence-corrected chi connectivity index (χ1v) is 8.54. The van der Waals surface area contributed by atoms with E-state index in [1.807, 2.05) is 13.8 Å². The Hall–Kier alpha value is -3.02. The van der Waals surface area contributed by atoms with E-state index in [4.69, 9.17) is 11.5 Å². The number of carbonyl (C=O) groups is 2. The Morgan fingerprint density at radius 1 is 0.731 bits per heavy atom. The average Bonchev–Trinajstić information content (AvgIpc) is 2.57. The average molecular weight is 352 g/mol. The second-order valence-corrected chi connectivity index (χ2v) is 7.63. The topological polar surface area (TPSA) is 110 Å². The van der Waals surface area contributed by atoms with Gasteiger partial charge in [0.1, 0.15) is 0 Å². The van der Waals surface area contributed by atoms with Crippen LogP contribution in [0.1, 0.15) is 26.7 Å². The first kappa shape index (κ1) is 17.8. The third kappa shape index (κ3) is 3.49. The van der Waals surface area contributed by atoms with Crippen LogP contribution in [-0.2, 0) is 9.59 Å². The maximum Gasteiger partial charge on any atom is 0.230 e. The summed E-state index contributed by atoms with van der Waals surface area (Å²) in [4.78, 5) is 25.2. The van der Waals surface area contributed by atoms with Crippen molar-refractivity contribution in [3.05, 3.63) is 48.5 Å². The lowest BCUT2D eigenvalue weighted by Gasteiger charge is -2.50. The Kier molecular flexibility index (Phi) is 4.36. The van der Waals surface area contributed by atoms with Gasteiger partial charge in [-0.2, -0.15) is 0 Å². The fourth-order valence-corrected chi connectivity index (χ4v) is 3.69. The van der Waals surface area contributed by atoms with Crippen LogP contribution >= 0.6 is 0 Å². The zero-order valence-corrected chi connectivity index (χ0v) is 15.0. The maximum atomic E-state index is 12.6. The van der Waals surface area contributed by atoms with Gasteiger partial charge >= 0.3 is 0 Å². The molecule has 0 radical (unpaired) electrons. The molecule has 0 atom stereocenters. The first-order valence-electron chi connectivity index (χ1n) is 8.54. The van der Waals surface area contributed by atoms with Crippen molar-refractivity contribution in [3.63, 3.8) is 0 Å². The van der Waals surface area contributed by atoms with Crippen molar-refractivity contribution >= 4 is 34.6 Å². The molecule has 2 amide bonds. The molecule has 2 aromatic rings. The van der Waals surface area contributed by atoms with Gasteiger partial charge in [-0.3, -0.25) is 9.59 Å². The maximum absolute atomic E-state index is 12.6. The van der Waals surface area contributed by atoms with Gasteiger partial charge < -0.3 is 22.1 Å². The molecule has 0 unspecified atom stereocenters. The molecule has 1 saturated carbocycles. The number of nitrogen functional groups attached to an aromatic ring is 2. The van der Waals surface area contributed by atoms with Gasteiger partial charge in [0, 0.05) is 33.6 Å². The standard InChI is InChI=1S/C20H24N4O2/c1-19(17(25)23-15-7-3-13(21)4-8-15)11-20(2,12-19)18(26)24-16-9-5-14(22)6-10-16/h3-10H,11-12,21-22H2,1-2H3,(H,23,25)(H,24,26). The molecule has 1 aliphatic carbocycles. The van der Waals surface area contributed by atoms with Crippen molar-refractivity contribution in [2.45, 2.75) is 26.7 Å². The van der Waals surface area contributed by atoms with Gasteiger partial charge in [-0.25, -0.2) is 0 Å². The van der Waals surface area contributed by atoms with E-state index in [-0.39, 0.29) is 11.8 Å². The summed E-state index contributed by atoms with van der Waals surface area (Å²) >= 11 is 0. The second-order valence-electron chi connectivity index (χ2n) is 7.63. The van der Waals surface area contributed by atoms with Crippen LogP contribution in [0.4, 0.5) is 22.7 Å². The molecular weight excluding hydrogens is 328 g/mol. The predicted molar refractivity (Wildman–Crippen MR) is 104 cm³/mol. The number of rotatable bonds is 4. The molecule has 2 aromatic carbocycles. The van der Waals surface area contributed by atoms with E-state index in [0.29, 0.717) is 35.6 Å². The highest BCUT2D eigenvalue weighted by molar-refractivity contribution is 6.01. The van der Waals surface area contributed by atoms with Gasteiger partial charge in [-0.1, -0.05) is 13.8 Å². The molecule has 0 saturated heterocycles. The highest BCUT2D eigenvalue weighted by Gasteiger charge is 2.57. The van der Waals surface area contributed by atoms with Gasteiger partial charge in [-0.15, -0.1) is 0 Å². The summed E-state index contributed by atoms with van der Waals surface area (Å²) in [6.45, 7) is 3.77. The smallest absolute Gasteiger partial charge is 0.230 e. The fraction of sp³-hybridized carbons (Fsp3) is 0.300. The number of hydrogen-bond acceptors (Lipinski definition) is 4. The van der Waals surface area contributed by atoms with E-state index in [1.165, 1.54) is 0 Å². The highest BCUT2D eigenvalue weighted by Crippen LogP contribution is 2.55. The molecule has 0 heterocycles. The van der Waals surface area contributed by atoms with Crippen LogP contribution in [0.5, 0.6) is 0 Å². The molecule has 0 spiro atoms. The van der Waals surface area contributed by atoms with Crippen LogP contribution < -0.4 is 22.1 Å². The number of hydrogen-bond donors (Lipinski definition) is 4. The monoisotopic (exact) mass is 352 g/mol. The summed E-state index contributed by atoms with van der Waals surface area (Å²) in [5.41, 5.74) is 12.8. The van der Waals surface area contributed by atoms with Crippen LogP contribution in [0.15, 0.2) is 48.5 Å². The van der Waals surface area contributed by atoms with E-state index < -0.39 is 10.8 Å². The van der Waals surface area contributed by atoms with Gasteiger partial charge in [0.25, 0.3) is 0 Å². The summed E-state index contributed by atoms with van der Waals surface area (Å²) in [5, 5.41) is 5.81. The normalized spacial score (nSPS) is 24.4. The number of amides is 2. The van der Waals surface area contributed by atoms with Crippen molar-refractivity contribution in [2.75, 3.05) is 22.1 Å². The molecule has 6 heteroatoms. The summed E-state index contributed by atoms with van der Waals surface area (Å²) in [7, 11) is 0. The van der Waals surface area contributed by atoms with Gasteiger partial charge in [0.2, 0.25) is 11.8 Å². The zero-order valence-electron chi connectivity index (χ0n) is 15.0. The van der Waals surface area contributed by atoms with Gasteiger partial charge in [0.15, 0.2) is 0 Å². The molecule has 6 N–H and O–H groups in total. The summed E-state index contributed by atoms with van der Waals surface area (Å²) < 4.78 is 0. The zero-order chi connectivity index (χ0) is 18.9. The Morgan fingerprint density at radius 3 is 1.35 bits per heavy atom. The van der Waals surface area contributed by atoms with E-state index in [9.17, 15) is 9.59 Å². The quantitative estimate of drug-likeness (QED) is 0.633. The molecule has 0 aliphatic heterocycles. The van der Waals surface area contributed by atoms with Crippen molar-refractivity contribution in [3.8, 4) is 0 Å². The Bertz CT molecular complexity index is 752. The van der Waals surface area contributed by atoms with E-state index in [2.05, 4.69) is 10.6 Å². The van der Waals surface area contributed by atoms with Crippen LogP contribution in [0.3, 0.4) is 0 Å². The Morgan fingerprint density at radius 2 is 1.04 bits per heavy atom. The lowest BCUT2D eigenvalue weighted by atomic mass is 9.53. The SMILES string of the molecule is CC1(C(=O)Nc2ccc(N)cc2)CC(C)(C(=O)Nc2ccc(N)cc2)C1. The minimum absolute atomic E-state index is 0.0833. The number of nitrogens with one attached hydrogen (secondary N) is 2. The molecule has 1 fully saturated rings. The van der Waals surface area contributed by atoms with E-state index in [1.54, 1.807) is 48.5 Å². The Labute approximate surface area is 153 Å². The van der Waals surface area contributed by atoms with Crippen molar-refractivity contribution in [2.24, 2.45) is 10.8 Å². The van der Waals surface area contributed by atoms with Crippen LogP contribution in [0.25, 0.3) is 0 Å². The van der Waals surface area contributed by atoms with Crippen LogP contribution in [0.2, 0.25) is 0 Å². The predicted octanol–water partition coefficient (Wildman–Crippen LogP) is 3.23. The van der Waals surface area contributed by atoms with E-state index >= 15 is 0 Å². The largest absolute Gasteiger partial charge is 0.399 e. The number of carbonyl (C=O) groups excluding carboxylic acids is 2. The molecule has 136 valence electrons. The summed E-state index contributed by atoms with van der Waals surface area (Å²) in [5.74, 6) is -0.167. The van der Waals surface area contributed by atoms with Crippen molar-refractivity contribution in [1.29, 1.82) is 0 Å². The minimum atomic E-state index is -0.575. The molecule has 1 aliphatic rings. The van der Waals surface area contributed by atoms with Crippen LogP contribution in [-0.4, -0.2) is 11.8 Å². The lowest BCUT2D eigenvalue weighted by molar-refractivity contribution is -0.147. The first-order chi connectivity index (χ1) is 12.2. The Balaban J connectivity index is 1.61. The fourth-order valence-electron chi connectivity index (χ4n) is 3.69. The minimum Gasteiger partial charge on any atom is -0.399 e. The molecular formula is C20H24N4O2.